The molecule has 0 aliphatic carbocycles. The molecule has 2 aliphatic rings. The van der Waals surface area contributed by atoms with Crippen molar-refractivity contribution in [2.45, 2.75) is 18.8 Å². The normalized spacial score (nSPS) is 16.6. The molecule has 0 radical (unpaired) electrons. The lowest BCUT2D eigenvalue weighted by atomic mass is 9.97. The second-order valence-electron chi connectivity index (χ2n) is 6.97. The minimum atomic E-state index is -0.0112. The van der Waals surface area contributed by atoms with E-state index in [9.17, 15) is 4.79 Å². The van der Waals surface area contributed by atoms with Crippen LogP contribution in [0, 0.1) is 0 Å². The van der Waals surface area contributed by atoms with Gasteiger partial charge in [-0.1, -0.05) is 6.07 Å². The van der Waals surface area contributed by atoms with Gasteiger partial charge in [0.15, 0.2) is 17.3 Å². The van der Waals surface area contributed by atoms with E-state index in [0.29, 0.717) is 36.4 Å². The van der Waals surface area contributed by atoms with E-state index in [-0.39, 0.29) is 18.6 Å². The summed E-state index contributed by atoms with van der Waals surface area (Å²) in [6, 6.07) is 9.17. The highest BCUT2D eigenvalue weighted by Crippen LogP contribution is 2.33. The zero-order valence-electron chi connectivity index (χ0n) is 15.6. The molecule has 29 heavy (non-hydrogen) atoms. The fourth-order valence-electron chi connectivity index (χ4n) is 3.54. The van der Waals surface area contributed by atoms with Crippen LogP contribution in [0.4, 0.5) is 0 Å². The highest BCUT2D eigenvalue weighted by molar-refractivity contribution is 5.92. The number of benzene rings is 1. The quantitative estimate of drug-likeness (QED) is 0.627. The predicted octanol–water partition coefficient (Wildman–Crippen LogP) is 3.48. The largest absolute Gasteiger partial charge is 0.459 e. The molecule has 8 nitrogen and oxygen atoms in total. The number of amides is 1. The number of hydrogen-bond acceptors (Lipinski definition) is 7. The van der Waals surface area contributed by atoms with Crippen molar-refractivity contribution in [3.05, 3.63) is 54.1 Å². The van der Waals surface area contributed by atoms with Crippen molar-refractivity contribution in [3.8, 4) is 23.1 Å². The molecule has 0 spiro atoms. The summed E-state index contributed by atoms with van der Waals surface area (Å²) in [7, 11) is 0. The minimum Gasteiger partial charge on any atom is -0.459 e. The fraction of sp³-hybridized carbons (Fsp3) is 0.286. The fourth-order valence-corrected chi connectivity index (χ4v) is 3.54. The maximum Gasteiger partial charge on any atom is 0.283 e. The molecule has 2 aromatic heterocycles. The summed E-state index contributed by atoms with van der Waals surface area (Å²) in [5, 5.41) is 8.21. The predicted molar refractivity (Wildman–Crippen MR) is 102 cm³/mol. The third-order valence-corrected chi connectivity index (χ3v) is 5.14. The Kier molecular flexibility index (Phi) is 4.51. The smallest absolute Gasteiger partial charge is 0.283 e. The van der Waals surface area contributed by atoms with Gasteiger partial charge in [-0.3, -0.25) is 4.79 Å². The molecule has 148 valence electrons. The number of ether oxygens (including phenoxy) is 2. The summed E-state index contributed by atoms with van der Waals surface area (Å²) in [5.74, 6) is 3.11. The molecule has 2 aliphatic heterocycles. The molecule has 0 saturated carbocycles. The van der Waals surface area contributed by atoms with E-state index in [4.69, 9.17) is 18.3 Å². The molecule has 1 aromatic carbocycles. The topological polar surface area (TPSA) is 90.8 Å². The van der Waals surface area contributed by atoms with Crippen LogP contribution in [-0.4, -0.2) is 40.9 Å². The van der Waals surface area contributed by atoms with Crippen molar-refractivity contribution < 1.29 is 23.1 Å². The molecule has 0 bridgehead atoms. The summed E-state index contributed by atoms with van der Waals surface area (Å²) in [4.78, 5) is 14.4. The number of nitrogens with zero attached hydrogens (tertiary/aromatic N) is 3. The zero-order valence-corrected chi connectivity index (χ0v) is 15.6. The van der Waals surface area contributed by atoms with Gasteiger partial charge in [0.1, 0.15) is 0 Å². The lowest BCUT2D eigenvalue weighted by Gasteiger charge is -2.29. The van der Waals surface area contributed by atoms with Crippen molar-refractivity contribution in [2.24, 2.45) is 0 Å². The third-order valence-electron chi connectivity index (χ3n) is 5.14. The molecular weight excluding hydrogens is 374 g/mol. The van der Waals surface area contributed by atoms with E-state index in [1.54, 1.807) is 30.5 Å². The monoisotopic (exact) mass is 393 g/mol. The lowest BCUT2D eigenvalue weighted by molar-refractivity contribution is -0.127. The number of likely N-dealkylation sites (tertiary alicyclic amines) is 1. The highest BCUT2D eigenvalue weighted by Gasteiger charge is 2.27. The van der Waals surface area contributed by atoms with Crippen molar-refractivity contribution in [1.29, 1.82) is 0 Å². The Labute approximate surface area is 166 Å². The number of carbonyl (C=O) groups is 1. The standard InChI is InChI=1S/C21H19N3O5/c25-19(6-4-14-3-5-16-18(12-14)28-13-27-16)24-9-7-15(8-10-24)20-22-23-21(29-20)17-2-1-11-26-17/h1-6,11-12,15H,7-10,13H2/b6-4+. The van der Waals surface area contributed by atoms with E-state index in [0.717, 1.165) is 24.2 Å². The van der Waals surface area contributed by atoms with Gasteiger partial charge in [-0.2, -0.15) is 0 Å². The molecule has 0 atom stereocenters. The van der Waals surface area contributed by atoms with Gasteiger partial charge in [0.2, 0.25) is 18.6 Å². The van der Waals surface area contributed by atoms with Crippen LogP contribution in [0.2, 0.25) is 0 Å². The maximum absolute atomic E-state index is 12.5. The van der Waals surface area contributed by atoms with Gasteiger partial charge in [0, 0.05) is 25.1 Å². The first-order valence-corrected chi connectivity index (χ1v) is 9.50. The molecule has 0 unspecified atom stereocenters. The SMILES string of the molecule is O=C(/C=C/c1ccc2c(c1)OCO2)N1CCC(c2nnc(-c3ccco3)o2)CC1. The molecule has 5 rings (SSSR count). The second kappa shape index (κ2) is 7.46. The first-order chi connectivity index (χ1) is 14.3. The number of rotatable bonds is 4. The number of aromatic nitrogens is 2. The van der Waals surface area contributed by atoms with Gasteiger partial charge in [0.25, 0.3) is 5.89 Å². The van der Waals surface area contributed by atoms with Crippen LogP contribution < -0.4 is 9.47 Å². The van der Waals surface area contributed by atoms with Gasteiger partial charge in [-0.05, 0) is 48.7 Å². The van der Waals surface area contributed by atoms with E-state index in [1.165, 1.54) is 0 Å². The van der Waals surface area contributed by atoms with Crippen molar-refractivity contribution >= 4 is 12.0 Å². The van der Waals surface area contributed by atoms with Gasteiger partial charge in [-0.15, -0.1) is 10.2 Å². The first-order valence-electron chi connectivity index (χ1n) is 9.50. The summed E-state index contributed by atoms with van der Waals surface area (Å²) in [6.07, 6.45) is 6.52. The Morgan fingerprint density at radius 2 is 1.97 bits per heavy atom. The van der Waals surface area contributed by atoms with Crippen LogP contribution >= 0.6 is 0 Å². The summed E-state index contributed by atoms with van der Waals surface area (Å²) >= 11 is 0. The number of piperidine rings is 1. The molecule has 3 aromatic rings. The molecule has 8 heteroatoms. The number of fused-ring (bicyclic) bond motifs is 1. The number of hydrogen-bond donors (Lipinski definition) is 0. The number of carbonyl (C=O) groups excluding carboxylic acids is 1. The molecule has 1 fully saturated rings. The second-order valence-corrected chi connectivity index (χ2v) is 6.97. The van der Waals surface area contributed by atoms with E-state index >= 15 is 0 Å². The molecule has 1 amide bonds. The lowest BCUT2D eigenvalue weighted by Crippen LogP contribution is -2.36. The molecular formula is C21H19N3O5. The summed E-state index contributed by atoms with van der Waals surface area (Å²) in [5.41, 5.74) is 0.897. The highest BCUT2D eigenvalue weighted by atomic mass is 16.7. The Bertz CT molecular complexity index is 1030. The van der Waals surface area contributed by atoms with Crippen LogP contribution in [0.25, 0.3) is 17.7 Å². The number of furan rings is 1. The van der Waals surface area contributed by atoms with Crippen LogP contribution in [0.1, 0.15) is 30.2 Å². The van der Waals surface area contributed by atoms with Crippen LogP contribution in [0.5, 0.6) is 11.5 Å². The molecule has 4 heterocycles. The third kappa shape index (κ3) is 3.61. The van der Waals surface area contributed by atoms with Crippen molar-refractivity contribution in [1.82, 2.24) is 15.1 Å². The summed E-state index contributed by atoms with van der Waals surface area (Å²) in [6.45, 7) is 1.53. The summed E-state index contributed by atoms with van der Waals surface area (Å²) < 4.78 is 21.7. The Morgan fingerprint density at radius 3 is 2.79 bits per heavy atom. The molecule has 0 N–H and O–H groups in total. The average Bonchev–Trinajstić information content (AvgIpc) is 3.52. The van der Waals surface area contributed by atoms with Gasteiger partial charge >= 0.3 is 0 Å². The zero-order chi connectivity index (χ0) is 19.6. The van der Waals surface area contributed by atoms with Crippen LogP contribution in [-0.2, 0) is 4.79 Å². The average molecular weight is 393 g/mol. The van der Waals surface area contributed by atoms with Crippen molar-refractivity contribution in [3.63, 3.8) is 0 Å². The van der Waals surface area contributed by atoms with E-state index in [2.05, 4.69) is 10.2 Å². The van der Waals surface area contributed by atoms with Crippen LogP contribution in [0.15, 0.2) is 51.5 Å². The van der Waals surface area contributed by atoms with E-state index < -0.39 is 0 Å². The molecule has 1 saturated heterocycles. The van der Waals surface area contributed by atoms with E-state index in [1.807, 2.05) is 23.1 Å². The van der Waals surface area contributed by atoms with Gasteiger partial charge in [0.05, 0.1) is 6.26 Å². The maximum atomic E-state index is 12.5. The van der Waals surface area contributed by atoms with Gasteiger partial charge < -0.3 is 23.2 Å². The first kappa shape index (κ1) is 17.5. The minimum absolute atomic E-state index is 0.0112. The van der Waals surface area contributed by atoms with Gasteiger partial charge in [-0.25, -0.2) is 0 Å². The Hall–Kier alpha value is -3.55. The Morgan fingerprint density at radius 1 is 1.10 bits per heavy atom. The van der Waals surface area contributed by atoms with Crippen molar-refractivity contribution in [2.75, 3.05) is 19.9 Å². The Balaban J connectivity index is 1.18. The van der Waals surface area contributed by atoms with Crippen LogP contribution in [0.3, 0.4) is 0 Å².